The summed E-state index contributed by atoms with van der Waals surface area (Å²) in [6.07, 6.45) is 44.9. The first-order chi connectivity index (χ1) is 58.9. The number of carbonyl (C=O) groups excluding carboxylic acids is 4. The van der Waals surface area contributed by atoms with E-state index in [2.05, 4.69) is 131 Å². The third-order valence-corrected chi connectivity index (χ3v) is 26.0. The monoisotopic (exact) mass is 1650 g/mol. The van der Waals surface area contributed by atoms with Gasteiger partial charge < -0.3 is 19.3 Å². The number of terminal acetylenes is 1. The maximum absolute atomic E-state index is 16.0. The van der Waals surface area contributed by atoms with Gasteiger partial charge in [0.15, 0.2) is 0 Å². The van der Waals surface area contributed by atoms with Crippen LogP contribution in [0.5, 0.6) is 11.5 Å². The lowest BCUT2D eigenvalue weighted by Gasteiger charge is -2.25. The number of fused-ring (bicyclic) bond motifs is 4. The molecular formula is C104H96N6O6S4. The summed E-state index contributed by atoms with van der Waals surface area (Å²) in [4.78, 5) is 76.3. The highest BCUT2D eigenvalue weighted by Gasteiger charge is 2.46. The van der Waals surface area contributed by atoms with Gasteiger partial charge in [-0.3, -0.25) is 9.59 Å². The first-order valence-electron chi connectivity index (χ1n) is 42.3. The second-order valence-electron chi connectivity index (χ2n) is 30.3. The normalized spacial score (nSPS) is 14.4. The first-order valence-corrected chi connectivity index (χ1v) is 45.6. The van der Waals surface area contributed by atoms with Crippen molar-refractivity contribution in [3.63, 3.8) is 0 Å². The summed E-state index contributed by atoms with van der Waals surface area (Å²) in [5.74, 6) is 37.9. The summed E-state index contributed by atoms with van der Waals surface area (Å²) in [5, 5.41) is 19.2. The van der Waals surface area contributed by atoms with E-state index >= 15 is 19.2 Å². The lowest BCUT2D eigenvalue weighted by molar-refractivity contribution is -0.127. The van der Waals surface area contributed by atoms with E-state index in [4.69, 9.17) is 29.0 Å². The first kappa shape index (κ1) is 88.5. The summed E-state index contributed by atoms with van der Waals surface area (Å²) in [5.41, 5.74) is 5.10. The number of thiophene rings is 4. The van der Waals surface area contributed by atoms with Gasteiger partial charge in [0, 0.05) is 69.8 Å². The largest absolute Gasteiger partial charge is 0.536 e. The minimum absolute atomic E-state index is 0.0100. The molecule has 11 rings (SSSR count). The van der Waals surface area contributed by atoms with Gasteiger partial charge in [0.2, 0.25) is 0 Å². The minimum Gasteiger partial charge on any atom is -0.422 e. The van der Waals surface area contributed by atoms with Gasteiger partial charge in [-0.25, -0.2) is 9.59 Å². The Kier molecular flexibility index (Phi) is 34.5. The van der Waals surface area contributed by atoms with Crippen molar-refractivity contribution in [2.45, 2.75) is 220 Å². The Morgan fingerprint density at radius 3 is 1.23 bits per heavy atom. The Hall–Kier alpha value is -12.3. The van der Waals surface area contributed by atoms with Crippen molar-refractivity contribution in [1.29, 1.82) is 10.5 Å². The van der Waals surface area contributed by atoms with Crippen molar-refractivity contribution in [3.05, 3.63) is 170 Å². The van der Waals surface area contributed by atoms with Gasteiger partial charge in [-0.2, -0.15) is 20.2 Å². The van der Waals surface area contributed by atoms with Crippen LogP contribution in [-0.2, 0) is 19.2 Å². The summed E-state index contributed by atoms with van der Waals surface area (Å²) < 4.78 is 15.6. The summed E-state index contributed by atoms with van der Waals surface area (Å²) in [7, 11) is 0. The van der Waals surface area contributed by atoms with E-state index in [0.717, 1.165) is 104 Å². The molecule has 602 valence electrons. The van der Waals surface area contributed by atoms with Crippen LogP contribution in [0.2, 0.25) is 0 Å². The fourth-order valence-corrected chi connectivity index (χ4v) is 19.5. The van der Waals surface area contributed by atoms with Crippen molar-refractivity contribution in [3.8, 4) is 140 Å². The number of ether oxygens (including phenoxy) is 2. The minimum atomic E-state index is -0.761. The van der Waals surface area contributed by atoms with Crippen LogP contribution >= 0.6 is 45.3 Å². The van der Waals surface area contributed by atoms with Crippen LogP contribution in [0.25, 0.3) is 76.4 Å². The van der Waals surface area contributed by atoms with Crippen LogP contribution in [0.3, 0.4) is 0 Å². The number of nitriles is 2. The lowest BCUT2D eigenvalue weighted by Crippen LogP contribution is -2.32. The van der Waals surface area contributed by atoms with Crippen molar-refractivity contribution < 1.29 is 28.7 Å². The van der Waals surface area contributed by atoms with Crippen molar-refractivity contribution in [2.24, 2.45) is 11.8 Å². The molecule has 2 amide bonds. The van der Waals surface area contributed by atoms with Gasteiger partial charge in [-0.05, 0) is 204 Å². The number of anilines is 2. The number of unbranched alkanes of at least 4 members (excludes halogenated alkanes) is 25. The smallest absolute Gasteiger partial charge is 0.422 e. The van der Waals surface area contributed by atoms with Crippen LogP contribution in [0, 0.1) is 143 Å². The second-order valence-corrected chi connectivity index (χ2v) is 34.8. The highest BCUT2D eigenvalue weighted by Crippen LogP contribution is 2.53. The van der Waals surface area contributed by atoms with E-state index in [9.17, 15) is 10.5 Å². The van der Waals surface area contributed by atoms with E-state index in [1.165, 1.54) is 151 Å². The molecule has 0 fully saturated rings. The highest BCUT2D eigenvalue weighted by atomic mass is 32.1. The number of hydrogen-bond acceptors (Lipinski definition) is 12. The van der Waals surface area contributed by atoms with Crippen LogP contribution < -0.4 is 37.4 Å². The van der Waals surface area contributed by atoms with Crippen molar-refractivity contribution in [1.82, 2.24) is 0 Å². The van der Waals surface area contributed by atoms with Crippen LogP contribution in [0.4, 0.5) is 11.4 Å². The average Bonchev–Trinajstić information content (AvgIpc) is 1.56. The second kappa shape index (κ2) is 46.8. The topological polar surface area (TPSA) is 150 Å². The average molecular weight is 1650 g/mol. The third-order valence-electron chi connectivity index (χ3n) is 21.8. The molecule has 0 saturated heterocycles. The molecule has 8 heterocycles. The predicted molar refractivity (Wildman–Crippen MR) is 491 cm³/mol. The molecule has 7 aromatic rings. The summed E-state index contributed by atoms with van der Waals surface area (Å²) in [6, 6.07) is 34.5. The zero-order valence-corrected chi connectivity index (χ0v) is 72.0. The lowest BCUT2D eigenvalue weighted by atomic mass is 9.92. The molecule has 4 aliphatic rings. The number of nitrogens with zero attached hydrogens (tertiary/aromatic N) is 6. The Balaban J connectivity index is 0.961. The molecule has 2 atom stereocenters. The van der Waals surface area contributed by atoms with Gasteiger partial charge in [0.25, 0.3) is 11.8 Å². The Bertz CT molecular complexity index is 6040. The number of amides is 2. The molecule has 0 aliphatic carbocycles. The molecule has 12 nitrogen and oxygen atoms in total. The summed E-state index contributed by atoms with van der Waals surface area (Å²) in [6.45, 7) is 22.3. The molecule has 0 saturated carbocycles. The molecule has 0 spiro atoms. The van der Waals surface area contributed by atoms with Gasteiger partial charge in [-0.15, -0.1) is 51.8 Å². The predicted octanol–water partition coefficient (Wildman–Crippen LogP) is 21.4. The Labute approximate surface area is 724 Å². The van der Waals surface area contributed by atoms with E-state index in [1.54, 1.807) is 51.8 Å². The zero-order valence-electron chi connectivity index (χ0n) is 68.7. The molecule has 4 aliphatic heterocycles. The van der Waals surface area contributed by atoms with E-state index in [1.807, 2.05) is 89.9 Å². The molecule has 0 bridgehead atoms. The Morgan fingerprint density at radius 2 is 0.808 bits per heavy atom. The van der Waals surface area contributed by atoms with Gasteiger partial charge in [0.1, 0.15) is 46.9 Å². The van der Waals surface area contributed by atoms with Crippen LogP contribution in [0.15, 0.2) is 97.1 Å². The van der Waals surface area contributed by atoms with E-state index in [0.29, 0.717) is 50.1 Å². The van der Waals surface area contributed by atoms with Crippen molar-refractivity contribution in [2.75, 3.05) is 22.9 Å². The van der Waals surface area contributed by atoms with E-state index < -0.39 is 17.8 Å². The molecule has 0 radical (unpaired) electrons. The molecule has 120 heavy (non-hydrogen) atoms. The maximum atomic E-state index is 16.0. The molecular weight excluding hydrogens is 1560 g/mol. The maximum Gasteiger partial charge on any atom is 0.536 e. The van der Waals surface area contributed by atoms with Gasteiger partial charge in [-0.1, -0.05) is 231 Å². The fraction of sp³-hybridized carbons (Fsp3) is 0.365. The molecule has 3 aromatic carbocycles. The van der Waals surface area contributed by atoms with Crippen molar-refractivity contribution >= 4 is 126 Å². The molecule has 16 heteroatoms. The summed E-state index contributed by atoms with van der Waals surface area (Å²) >= 11 is 5.89. The Morgan fingerprint density at radius 1 is 0.425 bits per heavy atom. The van der Waals surface area contributed by atoms with E-state index in [-0.39, 0.29) is 75.0 Å². The molecule has 4 aromatic heterocycles. The number of rotatable bonds is 39. The van der Waals surface area contributed by atoms with Crippen LogP contribution in [-0.4, -0.2) is 36.8 Å². The van der Waals surface area contributed by atoms with Gasteiger partial charge in [0.05, 0.1) is 38.2 Å². The molecule has 2 unspecified atom stereocenters. The SMILES string of the molecule is [C-]#[N+]C([N+]#[C-])=c1cc/c(=C\c2ccc(-c3ccc4c(c3)N(CC(C#CC#CC#CC#CC#CC#CC#CC#C)CCCCCCCCCCCC)C(=O)/C4=C3/C(=O)Oc4cc5c(cc43)OC(=O)/C5=C3/C(=O)N(CC(CCCCCCCCCC)CCCCCCCCCCCC)c4cc(-c5ccc(/C=c6\ccc(=C(C#N)C#N)s6)s5)ccc43)s2)s1. The zero-order chi connectivity index (χ0) is 84.2. The standard InChI is InChI=1S/C104H96N6O6S4/c1-7-11-15-19-23-27-30-31-32-33-36-40-44-48-52-76(51-47-43-39-35-29-25-21-17-13-9-3)74-110-89-66-78(93-62-56-81(118-93)68-83-58-64-95(120-83)100(107-5)108-6)54-60-85(89)97(102(110)112)99-87-70-90-86(69-91(87)116-104(99)114)98(103(113)115-90)96-84-59-53-77(92-61-55-80(117-92)67-82-57-63-94(119-82)79(71-105)72-106)65-88(84)109(101(96)111)73-75(49-45-41-37-26-22-18-14-10-4)50-46-42-38-34-28-24-20-16-12-8-2/h1,53-70,75-76H,8-10,12-14,16-18,20-22,24-26,28-29,34-35,37-39,41-43,45-47,49-51,73-74H2,2-4H3/b82-67+,83-68+,98-96+,99-97+. The van der Waals surface area contributed by atoms with Gasteiger partial charge >= 0.3 is 17.8 Å². The number of benzene rings is 3. The third kappa shape index (κ3) is 24.0. The molecule has 0 N–H and O–H groups in total. The fourth-order valence-electron chi connectivity index (χ4n) is 15.7. The number of hydrogen-bond donors (Lipinski definition) is 0. The number of carbonyl (C=O) groups is 4. The number of esters is 2. The highest BCUT2D eigenvalue weighted by molar-refractivity contribution is 7.17. The quantitative estimate of drug-likeness (QED) is 0.00923. The van der Waals surface area contributed by atoms with Crippen LogP contribution in [0.1, 0.15) is 252 Å².